The number of hydrogen-bond acceptors (Lipinski definition) is 7. The van der Waals surface area contributed by atoms with Gasteiger partial charge in [-0.2, -0.15) is 0 Å². The molecule has 0 aromatic heterocycles. The van der Waals surface area contributed by atoms with E-state index in [0.717, 1.165) is 27.4 Å². The van der Waals surface area contributed by atoms with Crippen LogP contribution in [0.4, 0.5) is 0 Å². The lowest BCUT2D eigenvalue weighted by Crippen LogP contribution is -2.61. The third-order valence-electron chi connectivity index (χ3n) is 7.44. The number of carbonyl (C=O) groups is 2. The zero-order valence-corrected chi connectivity index (χ0v) is 23.1. The highest BCUT2D eigenvalue weighted by Crippen LogP contribution is 2.43. The summed E-state index contributed by atoms with van der Waals surface area (Å²) < 4.78 is 11.8. The van der Waals surface area contributed by atoms with Crippen LogP contribution in [0.5, 0.6) is 0 Å². The van der Waals surface area contributed by atoms with Gasteiger partial charge in [0.1, 0.15) is 11.1 Å². The van der Waals surface area contributed by atoms with Gasteiger partial charge in [0.15, 0.2) is 12.1 Å². The molecule has 6 rings (SSSR count). The van der Waals surface area contributed by atoms with Gasteiger partial charge in [-0.1, -0.05) is 103 Å². The third-order valence-corrected chi connectivity index (χ3v) is 8.68. The van der Waals surface area contributed by atoms with E-state index in [4.69, 9.17) is 14.5 Å². The van der Waals surface area contributed by atoms with Crippen LogP contribution in [-0.4, -0.2) is 64.4 Å². The van der Waals surface area contributed by atoms with Crippen molar-refractivity contribution in [1.29, 1.82) is 0 Å². The quantitative estimate of drug-likeness (QED) is 0.227. The van der Waals surface area contributed by atoms with Crippen LogP contribution in [0.2, 0.25) is 0 Å². The molecule has 3 aliphatic rings. The number of fused-ring (bicyclic) bond motifs is 1. The Hall–Kier alpha value is -3.88. The standard InChI is InChI=1S/C32H31N3O4S/c1-22(34-17-19-38-20-18-34)28(32(37)39-29(24-13-7-3-8-14-24)25-15-9-4-10-16-25)35-30(36)27-31(35)40-26(33-27)21-23-11-5-2-6-12-23/h2-16,27,29,31H,17-21H2,1H3/b28-22+/t27-,31-/m1/s1. The van der Waals surface area contributed by atoms with Gasteiger partial charge in [-0.05, 0) is 23.6 Å². The van der Waals surface area contributed by atoms with Gasteiger partial charge < -0.3 is 14.4 Å². The zero-order chi connectivity index (χ0) is 27.5. The summed E-state index contributed by atoms with van der Waals surface area (Å²) >= 11 is 1.56. The fraction of sp³-hybridized carbons (Fsp3) is 0.281. The van der Waals surface area contributed by atoms with Gasteiger partial charge in [-0.25, -0.2) is 4.79 Å². The number of rotatable bonds is 8. The number of aliphatic imine (C=N–C) groups is 1. The van der Waals surface area contributed by atoms with E-state index in [1.807, 2.05) is 85.8 Å². The Bertz CT molecular complexity index is 1380. The van der Waals surface area contributed by atoms with Crippen molar-refractivity contribution < 1.29 is 19.1 Å². The molecule has 8 heteroatoms. The Labute approximate surface area is 238 Å². The number of thioether (sulfide) groups is 1. The number of morpholine rings is 1. The first-order chi connectivity index (χ1) is 19.6. The number of likely N-dealkylation sites (tertiary alicyclic amines) is 1. The first-order valence-corrected chi connectivity index (χ1v) is 14.4. The van der Waals surface area contributed by atoms with Gasteiger partial charge in [0.25, 0.3) is 5.91 Å². The number of carbonyl (C=O) groups excluding carboxylic acids is 2. The first-order valence-electron chi connectivity index (χ1n) is 13.5. The van der Waals surface area contributed by atoms with Crippen molar-refractivity contribution in [2.45, 2.75) is 30.9 Å². The SMILES string of the molecule is C/C(=C(/C(=O)OC(c1ccccc1)c1ccccc1)N1C(=O)[C@H]2N=C(Cc3ccccc3)S[C@H]21)N1CCOCC1. The first kappa shape index (κ1) is 26.3. The normalized spacial score (nSPS) is 20.9. The molecule has 0 radical (unpaired) electrons. The largest absolute Gasteiger partial charge is 0.448 e. The van der Waals surface area contributed by atoms with Gasteiger partial charge in [0.05, 0.1) is 18.3 Å². The zero-order valence-electron chi connectivity index (χ0n) is 22.3. The smallest absolute Gasteiger partial charge is 0.357 e. The lowest BCUT2D eigenvalue weighted by molar-refractivity contribution is -0.153. The summed E-state index contributed by atoms with van der Waals surface area (Å²) in [5.41, 5.74) is 3.87. The Morgan fingerprint density at radius 3 is 2.12 bits per heavy atom. The highest BCUT2D eigenvalue weighted by molar-refractivity contribution is 8.14. The number of hydrogen-bond donors (Lipinski definition) is 0. The Morgan fingerprint density at radius 1 is 0.950 bits per heavy atom. The maximum Gasteiger partial charge on any atom is 0.357 e. The Morgan fingerprint density at radius 2 is 1.52 bits per heavy atom. The summed E-state index contributed by atoms with van der Waals surface area (Å²) in [6.45, 7) is 4.31. The van der Waals surface area contributed by atoms with E-state index in [2.05, 4.69) is 17.0 Å². The molecule has 0 aliphatic carbocycles. The maximum absolute atomic E-state index is 14.1. The molecule has 2 atom stereocenters. The van der Waals surface area contributed by atoms with Crippen LogP contribution >= 0.6 is 11.8 Å². The van der Waals surface area contributed by atoms with E-state index >= 15 is 0 Å². The van der Waals surface area contributed by atoms with Crippen LogP contribution in [-0.2, 0) is 25.5 Å². The number of esters is 1. The van der Waals surface area contributed by atoms with Crippen molar-refractivity contribution in [3.05, 3.63) is 119 Å². The molecule has 0 N–H and O–H groups in total. The topological polar surface area (TPSA) is 71.4 Å². The van der Waals surface area contributed by atoms with Crippen LogP contribution in [0.15, 0.2) is 107 Å². The van der Waals surface area contributed by atoms with E-state index in [-0.39, 0.29) is 17.0 Å². The molecule has 2 fully saturated rings. The minimum Gasteiger partial charge on any atom is -0.448 e. The molecule has 7 nitrogen and oxygen atoms in total. The lowest BCUT2D eigenvalue weighted by atomic mass is 10.0. The van der Waals surface area contributed by atoms with E-state index < -0.39 is 18.1 Å². The number of benzene rings is 3. The van der Waals surface area contributed by atoms with Crippen molar-refractivity contribution in [1.82, 2.24) is 9.80 Å². The highest BCUT2D eigenvalue weighted by Gasteiger charge is 2.55. The minimum absolute atomic E-state index is 0.170. The van der Waals surface area contributed by atoms with Crippen LogP contribution in [0.3, 0.4) is 0 Å². The van der Waals surface area contributed by atoms with Gasteiger partial charge in [0, 0.05) is 25.2 Å². The number of allylic oxidation sites excluding steroid dienone is 1. The average Bonchev–Trinajstić information content (AvgIpc) is 3.38. The summed E-state index contributed by atoms with van der Waals surface area (Å²) in [5.74, 6) is -0.693. The second-order valence-corrected chi connectivity index (χ2v) is 11.2. The Kier molecular flexibility index (Phi) is 7.71. The van der Waals surface area contributed by atoms with Gasteiger partial charge in [-0.15, -0.1) is 0 Å². The van der Waals surface area contributed by atoms with Crippen molar-refractivity contribution in [3.8, 4) is 0 Å². The van der Waals surface area contributed by atoms with E-state index in [0.29, 0.717) is 32.7 Å². The lowest BCUT2D eigenvalue weighted by Gasteiger charge is -2.43. The second-order valence-electron chi connectivity index (χ2n) is 9.99. The molecule has 1 amide bonds. The molecule has 0 spiro atoms. The molecule has 204 valence electrons. The molecule has 0 bridgehead atoms. The number of ether oxygens (including phenoxy) is 2. The maximum atomic E-state index is 14.1. The summed E-state index contributed by atoms with van der Waals surface area (Å²) in [6, 6.07) is 29.0. The van der Waals surface area contributed by atoms with Crippen molar-refractivity contribution in [2.24, 2.45) is 4.99 Å². The molecule has 0 unspecified atom stereocenters. The summed E-state index contributed by atoms with van der Waals surface area (Å²) in [4.78, 5) is 36.1. The molecular formula is C32H31N3O4S. The molecular weight excluding hydrogens is 522 g/mol. The van der Waals surface area contributed by atoms with Crippen molar-refractivity contribution in [2.75, 3.05) is 26.3 Å². The van der Waals surface area contributed by atoms with Crippen LogP contribution in [0, 0.1) is 0 Å². The van der Waals surface area contributed by atoms with Crippen molar-refractivity contribution in [3.63, 3.8) is 0 Å². The molecule has 0 saturated carbocycles. The molecule has 3 aromatic rings. The van der Waals surface area contributed by atoms with Gasteiger partial charge in [0.2, 0.25) is 0 Å². The minimum atomic E-state index is -0.615. The van der Waals surface area contributed by atoms with Crippen LogP contribution in [0.25, 0.3) is 0 Å². The van der Waals surface area contributed by atoms with Crippen molar-refractivity contribution >= 4 is 28.7 Å². The monoisotopic (exact) mass is 553 g/mol. The summed E-state index contributed by atoms with van der Waals surface area (Å²) in [5, 5.41) is 0.636. The molecule has 3 aromatic carbocycles. The number of nitrogens with zero attached hydrogens (tertiary/aromatic N) is 3. The van der Waals surface area contributed by atoms with E-state index in [1.54, 1.807) is 16.7 Å². The van der Waals surface area contributed by atoms with E-state index in [1.165, 1.54) is 0 Å². The molecule has 40 heavy (non-hydrogen) atoms. The summed E-state index contributed by atoms with van der Waals surface area (Å²) in [7, 11) is 0. The average molecular weight is 554 g/mol. The second kappa shape index (κ2) is 11.7. The fourth-order valence-electron chi connectivity index (χ4n) is 5.32. The van der Waals surface area contributed by atoms with Gasteiger partial charge in [-0.3, -0.25) is 14.7 Å². The number of β-lactam (4-membered cyclic amide) rings is 1. The predicted octanol–water partition coefficient (Wildman–Crippen LogP) is 4.81. The molecule has 3 heterocycles. The Balaban J connectivity index is 1.30. The third kappa shape index (κ3) is 5.29. The van der Waals surface area contributed by atoms with Crippen LogP contribution < -0.4 is 0 Å². The predicted molar refractivity (Wildman–Crippen MR) is 156 cm³/mol. The molecule has 2 saturated heterocycles. The summed E-state index contributed by atoms with van der Waals surface area (Å²) in [6.07, 6.45) is 0.0473. The highest BCUT2D eigenvalue weighted by atomic mass is 32.2. The number of amides is 1. The van der Waals surface area contributed by atoms with Crippen LogP contribution in [0.1, 0.15) is 29.7 Å². The fourth-order valence-corrected chi connectivity index (χ4v) is 6.65. The molecule has 3 aliphatic heterocycles. The van der Waals surface area contributed by atoms with E-state index in [9.17, 15) is 9.59 Å². The van der Waals surface area contributed by atoms with Gasteiger partial charge >= 0.3 is 5.97 Å².